The zero-order valence-electron chi connectivity index (χ0n) is 13.7. The minimum Gasteiger partial charge on any atom is -0.462 e. The summed E-state index contributed by atoms with van der Waals surface area (Å²) in [5.41, 5.74) is -1.54. The van der Waals surface area contributed by atoms with Gasteiger partial charge < -0.3 is 9.73 Å². The van der Waals surface area contributed by atoms with Gasteiger partial charge in [0.1, 0.15) is 11.5 Å². The summed E-state index contributed by atoms with van der Waals surface area (Å²) < 4.78 is 68.6. The number of hydrogen-bond donors (Lipinski definition) is 2. The first-order chi connectivity index (χ1) is 11.9. The Kier molecular flexibility index (Phi) is 5.45. The van der Waals surface area contributed by atoms with Gasteiger partial charge in [-0.3, -0.25) is 9.52 Å². The van der Waals surface area contributed by atoms with Crippen molar-refractivity contribution in [1.29, 1.82) is 0 Å². The van der Waals surface area contributed by atoms with Crippen molar-refractivity contribution in [2.45, 2.75) is 13.1 Å². The number of sulfonamides is 1. The maximum Gasteiger partial charge on any atom is 0.416 e. The van der Waals surface area contributed by atoms with Crippen LogP contribution in [0.5, 0.6) is 0 Å². The highest BCUT2D eigenvalue weighted by Crippen LogP contribution is 2.34. The van der Waals surface area contributed by atoms with Gasteiger partial charge in [-0.15, -0.1) is 0 Å². The van der Waals surface area contributed by atoms with E-state index in [1.54, 1.807) is 19.1 Å². The zero-order valence-corrected chi connectivity index (χ0v) is 14.5. The van der Waals surface area contributed by atoms with E-state index >= 15 is 0 Å². The number of hydrogen-bond acceptors (Lipinski definition) is 4. The second kappa shape index (κ2) is 7.24. The summed E-state index contributed by atoms with van der Waals surface area (Å²) in [6.45, 7) is 1.71. The molecule has 10 heteroatoms. The van der Waals surface area contributed by atoms with E-state index in [1.165, 1.54) is 6.08 Å². The van der Waals surface area contributed by atoms with Crippen LogP contribution in [0.15, 0.2) is 40.8 Å². The number of benzene rings is 1. The van der Waals surface area contributed by atoms with Crippen molar-refractivity contribution in [3.05, 3.63) is 53.5 Å². The summed E-state index contributed by atoms with van der Waals surface area (Å²) in [5, 5.41) is 2.23. The summed E-state index contributed by atoms with van der Waals surface area (Å²) >= 11 is 0. The quantitative estimate of drug-likeness (QED) is 0.766. The number of alkyl halides is 3. The highest BCUT2D eigenvalue weighted by molar-refractivity contribution is 7.92. The number of rotatable bonds is 5. The summed E-state index contributed by atoms with van der Waals surface area (Å²) in [7, 11) is -3.75. The average molecular weight is 388 g/mol. The van der Waals surface area contributed by atoms with Crippen molar-refractivity contribution in [3.63, 3.8) is 0 Å². The summed E-state index contributed by atoms with van der Waals surface area (Å²) in [5.74, 6) is 0.258. The van der Waals surface area contributed by atoms with Crippen LogP contribution in [0.4, 0.5) is 24.5 Å². The molecule has 26 heavy (non-hydrogen) atoms. The lowest BCUT2D eigenvalue weighted by atomic mass is 10.1. The molecule has 0 spiro atoms. The molecule has 0 aliphatic carbocycles. The third kappa shape index (κ3) is 5.66. The van der Waals surface area contributed by atoms with Crippen LogP contribution < -0.4 is 10.0 Å². The molecule has 1 aromatic carbocycles. The van der Waals surface area contributed by atoms with E-state index in [0.717, 1.165) is 18.4 Å². The fraction of sp³-hybridized carbons (Fsp3) is 0.188. The molecular formula is C16H15F3N2O4S. The smallest absolute Gasteiger partial charge is 0.416 e. The number of amides is 1. The van der Waals surface area contributed by atoms with E-state index in [9.17, 15) is 26.4 Å². The molecular weight excluding hydrogens is 373 g/mol. The van der Waals surface area contributed by atoms with E-state index in [0.29, 0.717) is 23.7 Å². The molecule has 2 aromatic rings. The third-order valence-electron chi connectivity index (χ3n) is 3.06. The van der Waals surface area contributed by atoms with Gasteiger partial charge in [-0.1, -0.05) is 0 Å². The lowest BCUT2D eigenvalue weighted by Crippen LogP contribution is -2.16. The van der Waals surface area contributed by atoms with E-state index in [2.05, 4.69) is 10.0 Å². The Balaban J connectivity index is 2.29. The Morgan fingerprint density at radius 2 is 1.85 bits per heavy atom. The van der Waals surface area contributed by atoms with Crippen LogP contribution in [0.3, 0.4) is 0 Å². The van der Waals surface area contributed by atoms with Crippen LogP contribution in [-0.2, 0) is 21.0 Å². The highest BCUT2D eigenvalue weighted by Gasteiger charge is 2.31. The van der Waals surface area contributed by atoms with Crippen LogP contribution >= 0.6 is 0 Å². The van der Waals surface area contributed by atoms with Crippen molar-refractivity contribution >= 4 is 33.4 Å². The van der Waals surface area contributed by atoms with Gasteiger partial charge in [0.25, 0.3) is 0 Å². The Labute approximate surface area is 147 Å². The molecule has 1 aromatic heterocycles. The molecule has 2 N–H and O–H groups in total. The highest BCUT2D eigenvalue weighted by atomic mass is 32.2. The van der Waals surface area contributed by atoms with Gasteiger partial charge in [0, 0.05) is 6.08 Å². The summed E-state index contributed by atoms with van der Waals surface area (Å²) in [4.78, 5) is 12.0. The predicted octanol–water partition coefficient (Wildman–Crippen LogP) is 3.63. The number of carbonyl (C=O) groups excluding carboxylic acids is 1. The van der Waals surface area contributed by atoms with Gasteiger partial charge in [-0.2, -0.15) is 13.2 Å². The summed E-state index contributed by atoms with van der Waals surface area (Å²) in [6.07, 6.45) is -1.41. The van der Waals surface area contributed by atoms with Crippen molar-refractivity contribution in [2.75, 3.05) is 16.3 Å². The van der Waals surface area contributed by atoms with Crippen LogP contribution in [-0.4, -0.2) is 20.6 Å². The number of furan rings is 1. The SMILES string of the molecule is Cc1ccc(C=CC(=O)Nc2cc(C(F)(F)F)ccc2NS(C)(=O)=O)o1. The van der Waals surface area contributed by atoms with Gasteiger partial charge in [0.2, 0.25) is 15.9 Å². The van der Waals surface area contributed by atoms with Crippen molar-refractivity contribution in [2.24, 2.45) is 0 Å². The molecule has 0 radical (unpaired) electrons. The van der Waals surface area contributed by atoms with Crippen LogP contribution in [0.1, 0.15) is 17.1 Å². The van der Waals surface area contributed by atoms with E-state index < -0.39 is 27.7 Å². The fourth-order valence-corrected chi connectivity index (χ4v) is 2.57. The molecule has 0 aliphatic rings. The molecule has 2 rings (SSSR count). The molecule has 0 atom stereocenters. The largest absolute Gasteiger partial charge is 0.462 e. The minimum atomic E-state index is -4.65. The van der Waals surface area contributed by atoms with Crippen molar-refractivity contribution < 1.29 is 30.8 Å². The first-order valence-electron chi connectivity index (χ1n) is 7.18. The topological polar surface area (TPSA) is 88.4 Å². The van der Waals surface area contributed by atoms with Gasteiger partial charge in [0.05, 0.1) is 23.2 Å². The van der Waals surface area contributed by atoms with E-state index in [-0.39, 0.29) is 11.4 Å². The maximum atomic E-state index is 12.9. The Morgan fingerprint density at radius 3 is 2.38 bits per heavy atom. The Bertz CT molecular complexity index is 947. The predicted molar refractivity (Wildman–Crippen MR) is 91.0 cm³/mol. The molecule has 0 unspecified atom stereocenters. The van der Waals surface area contributed by atoms with Gasteiger partial charge in [-0.25, -0.2) is 8.42 Å². The molecule has 0 fully saturated rings. The monoisotopic (exact) mass is 388 g/mol. The molecule has 1 heterocycles. The average Bonchev–Trinajstić information content (AvgIpc) is 2.90. The molecule has 1 amide bonds. The number of carbonyl (C=O) groups is 1. The molecule has 0 aliphatic heterocycles. The number of nitrogens with one attached hydrogen (secondary N) is 2. The zero-order chi connectivity index (χ0) is 19.5. The van der Waals surface area contributed by atoms with E-state index in [4.69, 9.17) is 4.42 Å². The normalized spacial score (nSPS) is 12.3. The maximum absolute atomic E-state index is 12.9. The lowest BCUT2D eigenvalue weighted by molar-refractivity contribution is -0.137. The van der Waals surface area contributed by atoms with Crippen LogP contribution in [0, 0.1) is 6.92 Å². The third-order valence-corrected chi connectivity index (χ3v) is 3.65. The first kappa shape index (κ1) is 19.6. The van der Waals surface area contributed by atoms with Crippen LogP contribution in [0.2, 0.25) is 0 Å². The molecule has 0 saturated heterocycles. The molecule has 6 nitrogen and oxygen atoms in total. The molecule has 0 saturated carbocycles. The fourth-order valence-electron chi connectivity index (χ4n) is 1.99. The first-order valence-corrected chi connectivity index (χ1v) is 9.08. The second-order valence-corrected chi connectivity index (χ2v) is 7.15. The molecule has 0 bridgehead atoms. The number of aryl methyl sites for hydroxylation is 1. The number of halogens is 3. The van der Waals surface area contributed by atoms with Crippen molar-refractivity contribution in [3.8, 4) is 0 Å². The van der Waals surface area contributed by atoms with E-state index in [1.807, 2.05) is 0 Å². The summed E-state index contributed by atoms with van der Waals surface area (Å²) in [6, 6.07) is 5.58. The second-order valence-electron chi connectivity index (χ2n) is 5.40. The van der Waals surface area contributed by atoms with Gasteiger partial charge in [0.15, 0.2) is 0 Å². The minimum absolute atomic E-state index is 0.184. The lowest BCUT2D eigenvalue weighted by Gasteiger charge is -2.14. The van der Waals surface area contributed by atoms with Crippen LogP contribution in [0.25, 0.3) is 6.08 Å². The van der Waals surface area contributed by atoms with Crippen molar-refractivity contribution in [1.82, 2.24) is 0 Å². The van der Waals surface area contributed by atoms with Gasteiger partial charge >= 0.3 is 6.18 Å². The Morgan fingerprint density at radius 1 is 1.15 bits per heavy atom. The number of anilines is 2. The Hall–Kier alpha value is -2.75. The molecule has 140 valence electrons. The standard InChI is InChI=1S/C16H15F3N2O4S/c1-10-3-5-12(25-10)6-8-15(22)20-14-9-11(16(17,18)19)4-7-13(14)21-26(2,23)24/h3-9,21H,1-2H3,(H,20,22). The van der Waals surface area contributed by atoms with Gasteiger partial charge in [-0.05, 0) is 43.3 Å².